The molecule has 1 saturated heterocycles. The van der Waals surface area contributed by atoms with Crippen LogP contribution in [-0.2, 0) is 4.74 Å². The average Bonchev–Trinajstić information content (AvgIpc) is 2.46. The first-order valence-corrected chi connectivity index (χ1v) is 7.71. The van der Waals surface area contributed by atoms with Crippen LogP contribution < -0.4 is 5.32 Å². The number of hydrogen-bond donors (Lipinski definition) is 1. The Balaban J connectivity index is 2.09. The van der Waals surface area contributed by atoms with E-state index in [9.17, 15) is 0 Å². The third-order valence-corrected chi connectivity index (χ3v) is 4.37. The van der Waals surface area contributed by atoms with E-state index in [4.69, 9.17) is 4.74 Å². The van der Waals surface area contributed by atoms with Crippen LogP contribution in [0, 0.1) is 0 Å². The molecule has 0 aromatic heterocycles. The lowest BCUT2D eigenvalue weighted by Gasteiger charge is -2.30. The lowest BCUT2D eigenvalue weighted by molar-refractivity contribution is -0.0703. The zero-order chi connectivity index (χ0) is 14.3. The summed E-state index contributed by atoms with van der Waals surface area (Å²) < 4.78 is 7.26. The van der Waals surface area contributed by atoms with Gasteiger partial charge in [-0.25, -0.2) is 0 Å². The van der Waals surface area contributed by atoms with E-state index < -0.39 is 0 Å². The molecule has 2 rings (SSSR count). The van der Waals surface area contributed by atoms with Gasteiger partial charge in [-0.2, -0.15) is 0 Å². The van der Waals surface area contributed by atoms with Gasteiger partial charge in [0.2, 0.25) is 0 Å². The number of nitrogens with one attached hydrogen (secondary N) is 1. The molecule has 0 amide bonds. The highest BCUT2D eigenvalue weighted by atomic mass is 79.9. The summed E-state index contributed by atoms with van der Waals surface area (Å²) >= 11 is 3.53. The standard InChI is InChI=1S/C16H24BrNO/c1-11(12-7-6-8-13(17)9-12)18-14-10-15(2,3)19-16(14,4)5/h6-9,11,14,18H,10H2,1-5H3. The summed E-state index contributed by atoms with van der Waals surface area (Å²) in [6, 6.07) is 9.16. The van der Waals surface area contributed by atoms with Crippen molar-refractivity contribution in [3.8, 4) is 0 Å². The summed E-state index contributed by atoms with van der Waals surface area (Å²) in [7, 11) is 0. The molecule has 1 aliphatic heterocycles. The number of rotatable bonds is 3. The molecule has 3 heteroatoms. The van der Waals surface area contributed by atoms with Crippen LogP contribution in [0.25, 0.3) is 0 Å². The lowest BCUT2D eigenvalue weighted by Crippen LogP contribution is -2.44. The van der Waals surface area contributed by atoms with Crippen LogP contribution in [0.2, 0.25) is 0 Å². The molecular weight excluding hydrogens is 302 g/mol. The fraction of sp³-hybridized carbons (Fsp3) is 0.625. The third-order valence-electron chi connectivity index (χ3n) is 3.87. The normalized spacial score (nSPS) is 26.3. The lowest BCUT2D eigenvalue weighted by atomic mass is 9.93. The SMILES string of the molecule is CC(NC1CC(C)(C)OC1(C)C)c1cccc(Br)c1. The van der Waals surface area contributed by atoms with E-state index >= 15 is 0 Å². The maximum Gasteiger partial charge on any atom is 0.0787 e. The second-order valence-corrected chi connectivity index (χ2v) is 7.58. The molecule has 0 spiro atoms. The van der Waals surface area contributed by atoms with Crippen molar-refractivity contribution in [3.63, 3.8) is 0 Å². The molecule has 19 heavy (non-hydrogen) atoms. The second-order valence-electron chi connectivity index (χ2n) is 6.67. The van der Waals surface area contributed by atoms with Crippen LogP contribution in [0.15, 0.2) is 28.7 Å². The van der Waals surface area contributed by atoms with Crippen LogP contribution in [-0.4, -0.2) is 17.2 Å². The van der Waals surface area contributed by atoms with Gasteiger partial charge in [0.1, 0.15) is 0 Å². The van der Waals surface area contributed by atoms with Crippen molar-refractivity contribution >= 4 is 15.9 Å². The van der Waals surface area contributed by atoms with Crippen molar-refractivity contribution in [1.29, 1.82) is 0 Å². The zero-order valence-corrected chi connectivity index (χ0v) is 14.0. The Morgan fingerprint density at radius 3 is 2.53 bits per heavy atom. The van der Waals surface area contributed by atoms with E-state index in [0.717, 1.165) is 10.9 Å². The molecule has 0 saturated carbocycles. The highest BCUT2D eigenvalue weighted by Crippen LogP contribution is 2.38. The van der Waals surface area contributed by atoms with Gasteiger partial charge in [0.15, 0.2) is 0 Å². The third kappa shape index (κ3) is 3.59. The molecule has 1 aromatic carbocycles. The van der Waals surface area contributed by atoms with Gasteiger partial charge < -0.3 is 10.1 Å². The Morgan fingerprint density at radius 1 is 1.32 bits per heavy atom. The summed E-state index contributed by atoms with van der Waals surface area (Å²) in [6.07, 6.45) is 1.04. The minimum absolute atomic E-state index is 0.0435. The minimum atomic E-state index is -0.121. The summed E-state index contributed by atoms with van der Waals surface area (Å²) in [5, 5.41) is 3.72. The van der Waals surface area contributed by atoms with Crippen molar-refractivity contribution in [2.24, 2.45) is 0 Å². The molecule has 0 radical (unpaired) electrons. The molecule has 2 unspecified atom stereocenters. The molecule has 2 atom stereocenters. The fourth-order valence-corrected chi connectivity index (χ4v) is 3.41. The fourth-order valence-electron chi connectivity index (χ4n) is 3.00. The van der Waals surface area contributed by atoms with Gasteiger partial charge in [0.25, 0.3) is 0 Å². The molecule has 1 N–H and O–H groups in total. The van der Waals surface area contributed by atoms with Crippen molar-refractivity contribution in [2.75, 3.05) is 0 Å². The van der Waals surface area contributed by atoms with Crippen LogP contribution in [0.3, 0.4) is 0 Å². The van der Waals surface area contributed by atoms with Crippen molar-refractivity contribution < 1.29 is 4.74 Å². The van der Waals surface area contributed by atoms with Crippen LogP contribution in [0.4, 0.5) is 0 Å². The molecule has 1 aromatic rings. The molecule has 2 nitrogen and oxygen atoms in total. The smallest absolute Gasteiger partial charge is 0.0787 e. The van der Waals surface area contributed by atoms with E-state index in [-0.39, 0.29) is 11.2 Å². The van der Waals surface area contributed by atoms with Crippen molar-refractivity contribution in [3.05, 3.63) is 34.3 Å². The number of halogens is 1. The molecular formula is C16H24BrNO. The highest BCUT2D eigenvalue weighted by Gasteiger charge is 2.46. The Labute approximate surface area is 125 Å². The van der Waals surface area contributed by atoms with Crippen molar-refractivity contribution in [1.82, 2.24) is 5.32 Å². The first-order valence-electron chi connectivity index (χ1n) is 6.91. The summed E-state index contributed by atoms with van der Waals surface area (Å²) in [5.41, 5.74) is 1.14. The predicted molar refractivity (Wildman–Crippen MR) is 83.3 cm³/mol. The van der Waals surface area contributed by atoms with Crippen LogP contribution in [0.5, 0.6) is 0 Å². The van der Waals surface area contributed by atoms with E-state index in [1.807, 2.05) is 0 Å². The Kier molecular flexibility index (Phi) is 4.10. The van der Waals surface area contributed by atoms with Gasteiger partial charge in [-0.15, -0.1) is 0 Å². The van der Waals surface area contributed by atoms with Crippen LogP contribution in [0.1, 0.15) is 52.6 Å². The first kappa shape index (κ1) is 15.0. The summed E-state index contributed by atoms with van der Waals surface area (Å²) in [4.78, 5) is 0. The second kappa shape index (κ2) is 5.19. The minimum Gasteiger partial charge on any atom is -0.368 e. The molecule has 0 bridgehead atoms. The average molecular weight is 326 g/mol. The monoisotopic (exact) mass is 325 g/mol. The summed E-state index contributed by atoms with van der Waals surface area (Å²) in [5.74, 6) is 0. The van der Waals surface area contributed by atoms with E-state index in [0.29, 0.717) is 12.1 Å². The van der Waals surface area contributed by atoms with Gasteiger partial charge in [-0.1, -0.05) is 28.1 Å². The highest BCUT2D eigenvalue weighted by molar-refractivity contribution is 9.10. The number of ether oxygens (including phenoxy) is 1. The Morgan fingerprint density at radius 2 is 2.00 bits per heavy atom. The van der Waals surface area contributed by atoms with E-state index in [2.05, 4.69) is 80.1 Å². The van der Waals surface area contributed by atoms with Crippen LogP contribution >= 0.6 is 15.9 Å². The Bertz CT molecular complexity index is 456. The molecule has 1 aliphatic rings. The molecule has 1 fully saturated rings. The van der Waals surface area contributed by atoms with E-state index in [1.165, 1.54) is 5.56 Å². The largest absolute Gasteiger partial charge is 0.368 e. The molecule has 106 valence electrons. The zero-order valence-electron chi connectivity index (χ0n) is 12.5. The number of benzene rings is 1. The Hall–Kier alpha value is -0.380. The van der Waals surface area contributed by atoms with Gasteiger partial charge in [-0.3, -0.25) is 0 Å². The molecule has 0 aliphatic carbocycles. The van der Waals surface area contributed by atoms with Crippen molar-refractivity contribution in [2.45, 2.75) is 64.3 Å². The topological polar surface area (TPSA) is 21.3 Å². The predicted octanol–water partition coefficient (Wildman–Crippen LogP) is 4.45. The van der Waals surface area contributed by atoms with E-state index in [1.54, 1.807) is 0 Å². The quantitative estimate of drug-likeness (QED) is 0.886. The van der Waals surface area contributed by atoms with Gasteiger partial charge >= 0.3 is 0 Å². The first-order chi connectivity index (χ1) is 8.70. The number of hydrogen-bond acceptors (Lipinski definition) is 2. The molecule has 1 heterocycles. The maximum atomic E-state index is 6.14. The van der Waals surface area contributed by atoms with Gasteiger partial charge in [-0.05, 0) is 58.7 Å². The summed E-state index contributed by atoms with van der Waals surface area (Å²) in [6.45, 7) is 10.9. The maximum absolute atomic E-state index is 6.14. The van der Waals surface area contributed by atoms with Gasteiger partial charge in [0.05, 0.1) is 11.2 Å². The van der Waals surface area contributed by atoms with Gasteiger partial charge in [0, 0.05) is 16.6 Å².